The summed E-state index contributed by atoms with van der Waals surface area (Å²) in [5, 5.41) is 5.96. The number of hydrogen-bond acceptors (Lipinski definition) is 7. The molecule has 0 radical (unpaired) electrons. The van der Waals surface area contributed by atoms with Crippen molar-refractivity contribution in [1.29, 1.82) is 0 Å². The predicted molar refractivity (Wildman–Crippen MR) is 137 cm³/mol. The highest BCUT2D eigenvalue weighted by Crippen LogP contribution is 2.35. The fourth-order valence-electron chi connectivity index (χ4n) is 4.21. The highest BCUT2D eigenvalue weighted by molar-refractivity contribution is 6.33. The summed E-state index contributed by atoms with van der Waals surface area (Å²) in [4.78, 5) is 18.9. The third-order valence-electron chi connectivity index (χ3n) is 6.18. The number of rotatable bonds is 10. The van der Waals surface area contributed by atoms with E-state index in [4.69, 9.17) is 38.4 Å². The number of hydrogen-bond donors (Lipinski definition) is 3. The molecule has 1 aromatic carbocycles. The first kappa shape index (κ1) is 29.1. The molecule has 2 heterocycles. The average Bonchev–Trinajstić information content (AvgIpc) is 2.85. The molecule has 1 amide bonds. The minimum absolute atomic E-state index is 0.0680. The Hall–Kier alpha value is -2.47. The molecule has 0 saturated carbocycles. The van der Waals surface area contributed by atoms with Crippen LogP contribution in [0.2, 0.25) is 10.0 Å². The normalized spacial score (nSPS) is 18.5. The van der Waals surface area contributed by atoms with Crippen molar-refractivity contribution in [3.05, 3.63) is 45.6 Å². The maximum Gasteiger partial charge on any atom is 0.420 e. The Bertz CT molecular complexity index is 1090. The number of carbonyl (C=O) groups is 1. The van der Waals surface area contributed by atoms with Gasteiger partial charge in [0.15, 0.2) is 0 Å². The second kappa shape index (κ2) is 12.9. The Kier molecular flexibility index (Phi) is 10.1. The molecule has 0 aliphatic carbocycles. The van der Waals surface area contributed by atoms with Crippen molar-refractivity contribution in [2.45, 2.75) is 37.6 Å². The number of halogens is 5. The lowest BCUT2D eigenvalue weighted by atomic mass is 10.0. The number of benzene rings is 1. The van der Waals surface area contributed by atoms with Gasteiger partial charge in [0, 0.05) is 39.0 Å². The predicted octanol–water partition coefficient (Wildman–Crippen LogP) is 4.71. The number of alkyl halides is 3. The molecular formula is C24H30Cl2F3N5O3. The number of piperidine rings is 1. The second-order valence-electron chi connectivity index (χ2n) is 8.70. The summed E-state index contributed by atoms with van der Waals surface area (Å²) in [6, 6.07) is 3.64. The average molecular weight is 564 g/mol. The molecule has 8 nitrogen and oxygen atoms in total. The fourth-order valence-corrected chi connectivity index (χ4v) is 4.53. The van der Waals surface area contributed by atoms with Crippen LogP contribution in [-0.2, 0) is 10.9 Å². The van der Waals surface area contributed by atoms with Gasteiger partial charge in [-0.25, -0.2) is 4.98 Å². The quantitative estimate of drug-likeness (QED) is 0.284. The van der Waals surface area contributed by atoms with E-state index in [0.29, 0.717) is 37.4 Å². The molecule has 3 rings (SSSR count). The minimum Gasteiger partial charge on any atom is -0.496 e. The largest absolute Gasteiger partial charge is 0.496 e. The van der Waals surface area contributed by atoms with Gasteiger partial charge in [-0.2, -0.15) is 13.2 Å². The molecule has 1 aromatic heterocycles. The van der Waals surface area contributed by atoms with Gasteiger partial charge in [-0.05, 0) is 37.9 Å². The standard InChI is InChI=1S/C24H30Cl2F3N5O3/c1-36-20-11-18(30)17(26)10-15(20)23(35)33-19-5-8-34(13-21(19)37-2)7-4-3-6-31-22-16(24(27,28)29)9-14(25)12-32-22/h9-12,19,21H,3-8,13,30H2,1-2H3,(H,31,32)(H,33,35). The molecule has 1 fully saturated rings. The number of nitrogens with one attached hydrogen (secondary N) is 2. The van der Waals surface area contributed by atoms with Crippen LogP contribution in [0.15, 0.2) is 24.4 Å². The topological polar surface area (TPSA) is 102 Å². The number of anilines is 2. The fraction of sp³-hybridized carbons (Fsp3) is 0.500. The highest BCUT2D eigenvalue weighted by Gasteiger charge is 2.35. The summed E-state index contributed by atoms with van der Waals surface area (Å²) in [5.41, 5.74) is 5.52. The van der Waals surface area contributed by atoms with Gasteiger partial charge < -0.3 is 30.7 Å². The molecule has 0 bridgehead atoms. The van der Waals surface area contributed by atoms with Crippen LogP contribution in [0.4, 0.5) is 24.7 Å². The lowest BCUT2D eigenvalue weighted by molar-refractivity contribution is -0.137. The molecule has 13 heteroatoms. The van der Waals surface area contributed by atoms with Crippen molar-refractivity contribution in [1.82, 2.24) is 15.2 Å². The molecule has 0 spiro atoms. The van der Waals surface area contributed by atoms with Crippen molar-refractivity contribution in [3.63, 3.8) is 0 Å². The number of nitrogens with two attached hydrogens (primary N) is 1. The van der Waals surface area contributed by atoms with E-state index < -0.39 is 11.7 Å². The van der Waals surface area contributed by atoms with Crippen LogP contribution < -0.4 is 21.1 Å². The monoisotopic (exact) mass is 563 g/mol. The first-order chi connectivity index (χ1) is 17.5. The molecule has 37 heavy (non-hydrogen) atoms. The Labute approximate surface area is 223 Å². The van der Waals surface area contributed by atoms with Crippen molar-refractivity contribution in [2.24, 2.45) is 0 Å². The smallest absolute Gasteiger partial charge is 0.420 e. The molecular weight excluding hydrogens is 534 g/mol. The van der Waals surface area contributed by atoms with Crippen LogP contribution in [0, 0.1) is 0 Å². The minimum atomic E-state index is -4.54. The van der Waals surface area contributed by atoms with Gasteiger partial charge in [-0.3, -0.25) is 4.79 Å². The Morgan fingerprint density at radius 3 is 2.68 bits per heavy atom. The lowest BCUT2D eigenvalue weighted by Crippen LogP contribution is -2.54. The van der Waals surface area contributed by atoms with Crippen molar-refractivity contribution >= 4 is 40.6 Å². The van der Waals surface area contributed by atoms with Gasteiger partial charge in [0.2, 0.25) is 0 Å². The lowest BCUT2D eigenvalue weighted by Gasteiger charge is -2.38. The van der Waals surface area contributed by atoms with Gasteiger partial charge in [-0.1, -0.05) is 23.2 Å². The van der Waals surface area contributed by atoms with Crippen molar-refractivity contribution < 1.29 is 27.4 Å². The number of amides is 1. The van der Waals surface area contributed by atoms with E-state index in [2.05, 4.69) is 20.5 Å². The summed E-state index contributed by atoms with van der Waals surface area (Å²) in [6.45, 7) is 2.41. The third-order valence-corrected chi connectivity index (χ3v) is 6.71. The molecule has 2 aromatic rings. The molecule has 2 atom stereocenters. The van der Waals surface area contributed by atoms with Crippen LogP contribution in [0.1, 0.15) is 35.2 Å². The molecule has 1 aliphatic rings. The molecule has 1 saturated heterocycles. The van der Waals surface area contributed by atoms with Crippen molar-refractivity contribution in [2.75, 3.05) is 51.4 Å². The zero-order valence-corrected chi connectivity index (χ0v) is 22.0. The van der Waals surface area contributed by atoms with Crippen LogP contribution in [0.3, 0.4) is 0 Å². The van der Waals surface area contributed by atoms with Gasteiger partial charge in [0.1, 0.15) is 11.6 Å². The number of ether oxygens (including phenoxy) is 2. The molecule has 204 valence electrons. The number of unbranched alkanes of at least 4 members (excludes halogenated alkanes) is 1. The van der Waals surface area contributed by atoms with Crippen molar-refractivity contribution in [3.8, 4) is 5.75 Å². The number of methoxy groups -OCH3 is 2. The van der Waals surface area contributed by atoms with E-state index in [1.807, 2.05) is 0 Å². The van der Waals surface area contributed by atoms with E-state index in [-0.39, 0.29) is 39.5 Å². The van der Waals surface area contributed by atoms with Gasteiger partial charge in [0.05, 0.1) is 46.1 Å². The number of nitrogen functional groups attached to an aromatic ring is 1. The van der Waals surface area contributed by atoms with E-state index in [0.717, 1.165) is 25.6 Å². The third kappa shape index (κ3) is 7.76. The summed E-state index contributed by atoms with van der Waals surface area (Å²) in [7, 11) is 3.04. The van der Waals surface area contributed by atoms with E-state index in [1.54, 1.807) is 7.11 Å². The van der Waals surface area contributed by atoms with E-state index in [1.165, 1.54) is 25.4 Å². The van der Waals surface area contributed by atoms with Crippen LogP contribution in [0.5, 0.6) is 5.75 Å². The first-order valence-corrected chi connectivity index (χ1v) is 12.4. The summed E-state index contributed by atoms with van der Waals surface area (Å²) in [5.74, 6) is -0.234. The second-order valence-corrected chi connectivity index (χ2v) is 9.54. The Morgan fingerprint density at radius 2 is 2.00 bits per heavy atom. The zero-order valence-electron chi connectivity index (χ0n) is 20.5. The SMILES string of the molecule is COc1cc(N)c(Cl)cc1C(=O)NC1CCN(CCCCNc2ncc(Cl)cc2C(F)(F)F)CC1OC. The first-order valence-electron chi connectivity index (χ1n) is 11.7. The zero-order chi connectivity index (χ0) is 27.2. The Balaban J connectivity index is 1.47. The van der Waals surface area contributed by atoms with E-state index in [9.17, 15) is 18.0 Å². The molecule has 2 unspecified atom stereocenters. The number of nitrogens with zero attached hydrogens (tertiary/aromatic N) is 2. The summed E-state index contributed by atoms with van der Waals surface area (Å²) < 4.78 is 50.5. The van der Waals surface area contributed by atoms with Gasteiger partial charge >= 0.3 is 6.18 Å². The maximum atomic E-state index is 13.2. The van der Waals surface area contributed by atoms with E-state index >= 15 is 0 Å². The molecule has 1 aliphatic heterocycles. The van der Waals surface area contributed by atoms with Crippen LogP contribution in [0.25, 0.3) is 0 Å². The van der Waals surface area contributed by atoms with Gasteiger partial charge in [0.25, 0.3) is 5.91 Å². The number of pyridine rings is 1. The van der Waals surface area contributed by atoms with Crippen LogP contribution >= 0.6 is 23.2 Å². The van der Waals surface area contributed by atoms with Gasteiger partial charge in [-0.15, -0.1) is 0 Å². The number of aromatic nitrogens is 1. The Morgan fingerprint density at radius 1 is 1.24 bits per heavy atom. The highest BCUT2D eigenvalue weighted by atomic mass is 35.5. The maximum absolute atomic E-state index is 13.2. The summed E-state index contributed by atoms with van der Waals surface area (Å²) >= 11 is 11.8. The van der Waals surface area contributed by atoms with Crippen LogP contribution in [-0.4, -0.2) is 68.3 Å². The number of likely N-dealkylation sites (tertiary alicyclic amines) is 1. The molecule has 4 N–H and O–H groups in total. The number of carbonyl (C=O) groups excluding carboxylic acids is 1. The summed E-state index contributed by atoms with van der Waals surface area (Å²) in [6.07, 6.45) is -1.52.